The first-order chi connectivity index (χ1) is 21.9. The number of nitrogens with one attached hydrogen (secondary N) is 1. The van der Waals surface area contributed by atoms with E-state index >= 15 is 4.39 Å². The maximum Gasteiger partial charge on any atom is 0.319 e. The predicted molar refractivity (Wildman–Crippen MR) is 173 cm³/mol. The zero-order valence-corrected chi connectivity index (χ0v) is 25.8. The fourth-order valence-electron chi connectivity index (χ4n) is 8.06. The summed E-state index contributed by atoms with van der Waals surface area (Å²) < 4.78 is 38.1. The van der Waals surface area contributed by atoms with Crippen LogP contribution in [0.1, 0.15) is 37.7 Å². The zero-order valence-electron chi connectivity index (χ0n) is 25.0. The van der Waals surface area contributed by atoms with E-state index in [2.05, 4.69) is 37.3 Å². The van der Waals surface area contributed by atoms with Gasteiger partial charge in [-0.15, -0.1) is 6.42 Å². The Morgan fingerprint density at radius 1 is 1.18 bits per heavy atom. The topological polar surface area (TPSA) is 86.6 Å². The lowest BCUT2D eigenvalue weighted by atomic mass is 9.95. The number of thioether (sulfide) groups is 1. The Kier molecular flexibility index (Phi) is 7.00. The third-order valence-corrected chi connectivity index (χ3v) is 11.2. The van der Waals surface area contributed by atoms with Crippen molar-refractivity contribution in [3.05, 3.63) is 47.7 Å². The van der Waals surface area contributed by atoms with Crippen LogP contribution in [0.15, 0.2) is 30.5 Å². The molecule has 2 aromatic carbocycles. The summed E-state index contributed by atoms with van der Waals surface area (Å²) in [5, 5.41) is 16.0. The standard InChI is InChI=1S/C34H34F2N6O2S/c1-3-24-27(35)8-5-19-11-22(43)12-25(28(19)24)30-29(36)31-26(14-37-30)32(41-15-20-6-7-21(16-41)38-20)40-33(39-31)44-18-34-9-4-10-42(34)17-23(13-34)45-2/h1,5,8,11-12,14,20-21,23,38,43H,4,6-7,9-10,13,15-18H2,2H3/t20?,21?,23-,34+/m1/s1. The van der Waals surface area contributed by atoms with Crippen LogP contribution in [0.4, 0.5) is 14.6 Å². The zero-order chi connectivity index (χ0) is 30.9. The van der Waals surface area contributed by atoms with E-state index in [1.807, 2.05) is 11.8 Å². The van der Waals surface area contributed by atoms with E-state index < -0.39 is 11.6 Å². The third kappa shape index (κ3) is 4.77. The number of hydrogen-bond donors (Lipinski definition) is 2. The van der Waals surface area contributed by atoms with Crippen molar-refractivity contribution in [3.8, 4) is 35.4 Å². The van der Waals surface area contributed by atoms with Gasteiger partial charge in [0.05, 0.1) is 16.5 Å². The minimum atomic E-state index is -0.706. The molecule has 45 heavy (non-hydrogen) atoms. The molecule has 4 fully saturated rings. The molecule has 2 aromatic heterocycles. The number of hydrogen-bond acceptors (Lipinski definition) is 9. The SMILES string of the molecule is C#Cc1c(F)ccc2cc(O)cc(-c3ncc4c(N5CC6CCC(C5)N6)nc(OC[C@@]56CCCN5C[C@H](SC)C6)nc4c3F)c12. The second kappa shape index (κ2) is 11.0. The maximum absolute atomic E-state index is 16.8. The molecule has 0 saturated carbocycles. The highest BCUT2D eigenvalue weighted by molar-refractivity contribution is 7.99. The van der Waals surface area contributed by atoms with Gasteiger partial charge in [-0.05, 0) is 68.5 Å². The molecule has 4 aliphatic rings. The van der Waals surface area contributed by atoms with Crippen LogP contribution < -0.4 is 15.0 Å². The van der Waals surface area contributed by atoms with E-state index in [1.54, 1.807) is 6.20 Å². The highest BCUT2D eigenvalue weighted by atomic mass is 32.2. The van der Waals surface area contributed by atoms with Gasteiger partial charge in [-0.25, -0.2) is 8.78 Å². The van der Waals surface area contributed by atoms with Crippen molar-refractivity contribution in [2.45, 2.75) is 55.0 Å². The number of terminal acetylenes is 1. The normalized spacial score (nSPS) is 26.1. The minimum Gasteiger partial charge on any atom is -0.508 e. The second-order valence-electron chi connectivity index (χ2n) is 12.8. The molecule has 8 nitrogen and oxygen atoms in total. The molecule has 4 atom stereocenters. The van der Waals surface area contributed by atoms with Crippen LogP contribution in [0.2, 0.25) is 0 Å². The van der Waals surface area contributed by atoms with E-state index in [0.717, 1.165) is 58.3 Å². The lowest BCUT2D eigenvalue weighted by Crippen LogP contribution is -2.51. The molecule has 0 amide bonds. The number of aromatic hydroxyl groups is 1. The van der Waals surface area contributed by atoms with E-state index in [4.69, 9.17) is 16.1 Å². The first kappa shape index (κ1) is 28.7. The molecule has 4 aliphatic heterocycles. The summed E-state index contributed by atoms with van der Waals surface area (Å²) in [6.45, 7) is 4.00. The van der Waals surface area contributed by atoms with Gasteiger partial charge >= 0.3 is 6.01 Å². The molecule has 8 rings (SSSR count). The summed E-state index contributed by atoms with van der Waals surface area (Å²) >= 11 is 1.89. The van der Waals surface area contributed by atoms with Gasteiger partial charge in [0, 0.05) is 54.1 Å². The molecule has 0 aliphatic carbocycles. The molecule has 4 aromatic rings. The second-order valence-corrected chi connectivity index (χ2v) is 14.0. The Bertz CT molecular complexity index is 1870. The van der Waals surface area contributed by atoms with Crippen LogP contribution in [-0.4, -0.2) is 86.9 Å². The number of pyridine rings is 1. The minimum absolute atomic E-state index is 0.0204. The summed E-state index contributed by atoms with van der Waals surface area (Å²) in [6.07, 6.45) is 14.8. The van der Waals surface area contributed by atoms with Crippen molar-refractivity contribution in [1.29, 1.82) is 0 Å². The molecule has 0 radical (unpaired) electrons. The summed E-state index contributed by atoms with van der Waals surface area (Å²) in [5.41, 5.74) is 0.0800. The number of rotatable bonds is 6. The van der Waals surface area contributed by atoms with Gasteiger partial charge < -0.3 is 20.1 Å². The number of phenols is 1. The number of ether oxygens (including phenoxy) is 1. The smallest absolute Gasteiger partial charge is 0.319 e. The molecule has 232 valence electrons. The predicted octanol–water partition coefficient (Wildman–Crippen LogP) is 5.10. The number of benzene rings is 2. The third-order valence-electron chi connectivity index (χ3n) is 10.2. The van der Waals surface area contributed by atoms with Crippen LogP contribution in [0.3, 0.4) is 0 Å². The van der Waals surface area contributed by atoms with Crippen molar-refractivity contribution in [1.82, 2.24) is 25.2 Å². The molecule has 2 N–H and O–H groups in total. The summed E-state index contributed by atoms with van der Waals surface area (Å²) in [4.78, 5) is 18.8. The monoisotopic (exact) mass is 628 g/mol. The van der Waals surface area contributed by atoms with Crippen LogP contribution in [-0.2, 0) is 0 Å². The quantitative estimate of drug-likeness (QED) is 0.284. The summed E-state index contributed by atoms with van der Waals surface area (Å²) in [7, 11) is 0. The average Bonchev–Trinajstić information content (AvgIpc) is 3.71. The van der Waals surface area contributed by atoms with Crippen molar-refractivity contribution in [3.63, 3.8) is 0 Å². The number of piperazine rings is 1. The van der Waals surface area contributed by atoms with Gasteiger partial charge in [0.15, 0.2) is 5.82 Å². The Balaban J connectivity index is 1.26. The fourth-order valence-corrected chi connectivity index (χ4v) is 8.87. The van der Waals surface area contributed by atoms with E-state index in [1.165, 1.54) is 24.3 Å². The van der Waals surface area contributed by atoms with Crippen molar-refractivity contribution in [2.24, 2.45) is 0 Å². The number of nitrogens with zero attached hydrogens (tertiary/aromatic N) is 5. The van der Waals surface area contributed by atoms with Crippen LogP contribution >= 0.6 is 11.8 Å². The van der Waals surface area contributed by atoms with Gasteiger partial charge in [0.25, 0.3) is 0 Å². The maximum atomic E-state index is 16.8. The van der Waals surface area contributed by atoms with Crippen LogP contribution in [0.5, 0.6) is 11.8 Å². The molecular weight excluding hydrogens is 594 g/mol. The van der Waals surface area contributed by atoms with Gasteiger partial charge in [0.1, 0.15) is 35.2 Å². The Labute approximate surface area is 264 Å². The van der Waals surface area contributed by atoms with Gasteiger partial charge in [0.2, 0.25) is 0 Å². The van der Waals surface area contributed by atoms with Crippen LogP contribution in [0, 0.1) is 24.0 Å². The Morgan fingerprint density at radius 3 is 2.78 bits per heavy atom. The number of anilines is 1. The number of aromatic nitrogens is 3. The van der Waals surface area contributed by atoms with Gasteiger partial charge in [-0.3, -0.25) is 9.88 Å². The fraction of sp³-hybridized carbons (Fsp3) is 0.441. The number of halogens is 2. The average molecular weight is 629 g/mol. The lowest BCUT2D eigenvalue weighted by Gasteiger charge is -2.34. The Hall–Kier alpha value is -3.72. The molecular formula is C34H34F2N6O2S. The molecule has 2 bridgehead atoms. The lowest BCUT2D eigenvalue weighted by molar-refractivity contribution is 0.108. The summed E-state index contributed by atoms with van der Waals surface area (Å²) in [5.74, 6) is 1.56. The number of phenolic OH excluding ortho intramolecular Hbond substituents is 1. The molecule has 11 heteroatoms. The highest BCUT2D eigenvalue weighted by Crippen LogP contribution is 2.43. The molecule has 6 heterocycles. The van der Waals surface area contributed by atoms with E-state index in [0.29, 0.717) is 45.9 Å². The first-order valence-corrected chi connectivity index (χ1v) is 16.8. The molecule has 4 saturated heterocycles. The van der Waals surface area contributed by atoms with E-state index in [9.17, 15) is 9.50 Å². The highest BCUT2D eigenvalue weighted by Gasteiger charge is 2.49. The van der Waals surface area contributed by atoms with E-state index in [-0.39, 0.29) is 39.6 Å². The molecule has 2 unspecified atom stereocenters. The first-order valence-electron chi connectivity index (χ1n) is 15.6. The van der Waals surface area contributed by atoms with Gasteiger partial charge in [-0.1, -0.05) is 12.0 Å². The van der Waals surface area contributed by atoms with Crippen LogP contribution in [0.25, 0.3) is 32.9 Å². The van der Waals surface area contributed by atoms with Gasteiger partial charge in [-0.2, -0.15) is 21.7 Å². The van der Waals surface area contributed by atoms with Crippen molar-refractivity contribution in [2.75, 3.05) is 43.9 Å². The molecule has 0 spiro atoms. The Morgan fingerprint density at radius 2 is 2.00 bits per heavy atom. The largest absolute Gasteiger partial charge is 0.508 e. The summed E-state index contributed by atoms with van der Waals surface area (Å²) in [6, 6.07) is 6.38. The van der Waals surface area contributed by atoms with Crippen molar-refractivity contribution < 1.29 is 18.6 Å². The van der Waals surface area contributed by atoms with Crippen molar-refractivity contribution >= 4 is 39.3 Å². The number of fused-ring (bicyclic) bond motifs is 5.